The zero-order valence-electron chi connectivity index (χ0n) is 25.1. The molecule has 4 amide bonds. The van der Waals surface area contributed by atoms with Gasteiger partial charge in [-0.25, -0.2) is 4.79 Å². The van der Waals surface area contributed by atoms with Crippen LogP contribution in [0.5, 0.6) is 0 Å². The van der Waals surface area contributed by atoms with Crippen LogP contribution in [0, 0.1) is 13.8 Å². The number of carbonyl (C=O) groups is 3. The number of nitrogens with zero attached hydrogens (tertiary/aromatic N) is 1. The van der Waals surface area contributed by atoms with E-state index >= 15 is 0 Å². The van der Waals surface area contributed by atoms with E-state index in [9.17, 15) is 14.4 Å². The summed E-state index contributed by atoms with van der Waals surface area (Å²) in [6, 6.07) is 21.2. The Morgan fingerprint density at radius 3 is 1.86 bits per heavy atom. The van der Waals surface area contributed by atoms with Crippen molar-refractivity contribution in [1.29, 1.82) is 0 Å². The molecule has 3 aromatic rings. The minimum Gasteiger partial charge on any atom is -0.348 e. The Kier molecular flexibility index (Phi) is 9.65. The summed E-state index contributed by atoms with van der Waals surface area (Å²) in [6.45, 7) is 11.6. The smallest absolute Gasteiger partial charge is 0.320 e. The van der Waals surface area contributed by atoms with Crippen LogP contribution in [0.4, 0.5) is 21.9 Å². The summed E-state index contributed by atoms with van der Waals surface area (Å²) in [5, 5.41) is 8.57. The molecule has 3 aromatic carbocycles. The summed E-state index contributed by atoms with van der Waals surface area (Å²) in [7, 11) is 0. The molecular weight excluding hydrogens is 532 g/mol. The zero-order valence-corrected chi connectivity index (χ0v) is 25.1. The summed E-state index contributed by atoms with van der Waals surface area (Å²) in [6.07, 6.45) is -1.34. The van der Waals surface area contributed by atoms with Crippen LogP contribution in [-0.2, 0) is 24.6 Å². The van der Waals surface area contributed by atoms with Crippen LogP contribution in [0.2, 0.25) is 0 Å². The van der Waals surface area contributed by atoms with Gasteiger partial charge >= 0.3 is 6.03 Å². The van der Waals surface area contributed by atoms with Crippen molar-refractivity contribution in [1.82, 2.24) is 5.32 Å². The van der Waals surface area contributed by atoms with Gasteiger partial charge in [0.05, 0.1) is 30.9 Å². The molecule has 0 saturated carbocycles. The van der Waals surface area contributed by atoms with Gasteiger partial charge in [0.25, 0.3) is 5.91 Å². The number of aryl methyl sites for hydroxylation is 2. The van der Waals surface area contributed by atoms with Crippen LogP contribution in [0.25, 0.3) is 0 Å². The summed E-state index contributed by atoms with van der Waals surface area (Å²) in [4.78, 5) is 42.9. The highest BCUT2D eigenvalue weighted by atomic mass is 16.7. The minimum absolute atomic E-state index is 0.0782. The molecule has 4 rings (SSSR count). The second-order valence-corrected chi connectivity index (χ2v) is 11.2. The molecule has 222 valence electrons. The van der Waals surface area contributed by atoms with E-state index in [1.54, 1.807) is 42.5 Å². The molecule has 0 bridgehead atoms. The van der Waals surface area contributed by atoms with Crippen LogP contribution in [0.3, 0.4) is 0 Å². The number of urea groups is 1. The number of ether oxygens (including phenoxy) is 2. The van der Waals surface area contributed by atoms with E-state index in [1.807, 2.05) is 71.9 Å². The van der Waals surface area contributed by atoms with Crippen molar-refractivity contribution < 1.29 is 23.9 Å². The Morgan fingerprint density at radius 1 is 0.786 bits per heavy atom. The van der Waals surface area contributed by atoms with Crippen molar-refractivity contribution in [2.24, 2.45) is 0 Å². The average Bonchev–Trinajstić information content (AvgIpc) is 3.13. The Labute approximate surface area is 247 Å². The lowest BCUT2D eigenvalue weighted by Crippen LogP contribution is -2.56. The maximum Gasteiger partial charge on any atom is 0.320 e. The predicted octanol–water partition coefficient (Wildman–Crippen LogP) is 5.87. The van der Waals surface area contributed by atoms with Gasteiger partial charge < -0.3 is 30.3 Å². The van der Waals surface area contributed by atoms with Crippen LogP contribution >= 0.6 is 0 Å². The molecule has 0 spiro atoms. The molecule has 9 heteroatoms. The number of nitrogens with one attached hydrogen (secondary N) is 3. The van der Waals surface area contributed by atoms with E-state index in [4.69, 9.17) is 9.47 Å². The van der Waals surface area contributed by atoms with Gasteiger partial charge in [-0.15, -0.1) is 0 Å². The molecule has 1 atom stereocenters. The average molecular weight is 573 g/mol. The van der Waals surface area contributed by atoms with Crippen LogP contribution in [-0.4, -0.2) is 42.9 Å². The maximum atomic E-state index is 14.4. The predicted molar refractivity (Wildman–Crippen MR) is 164 cm³/mol. The highest BCUT2D eigenvalue weighted by Gasteiger charge is 2.53. The van der Waals surface area contributed by atoms with Gasteiger partial charge in [0.15, 0.2) is 11.8 Å². The third-order valence-corrected chi connectivity index (χ3v) is 6.84. The topological polar surface area (TPSA) is 109 Å². The number of rotatable bonds is 11. The van der Waals surface area contributed by atoms with Gasteiger partial charge in [0.1, 0.15) is 0 Å². The fourth-order valence-corrected chi connectivity index (χ4v) is 4.99. The number of para-hydroxylation sites is 1. The zero-order chi connectivity index (χ0) is 30.4. The Morgan fingerprint density at radius 2 is 1.31 bits per heavy atom. The number of benzene rings is 3. The lowest BCUT2D eigenvalue weighted by atomic mass is 9.87. The standard InChI is InChI=1S/C33H40N4O5/c1-21(2)41-30(42-22(3)4)20-37-28-10-8-7-9-27(28)33(31(37)39,19-29(38)34-25-15-11-23(5)12-16-25)36-32(40)35-26-17-13-24(6)14-18-26/h7-18,21-22,30H,19-20H2,1-6H3,(H,34,38)(H2,35,36,40)/t33-/m1/s1. The lowest BCUT2D eigenvalue weighted by molar-refractivity contribution is -0.176. The molecule has 42 heavy (non-hydrogen) atoms. The second kappa shape index (κ2) is 13.2. The molecule has 0 aliphatic carbocycles. The molecule has 0 fully saturated rings. The number of carbonyl (C=O) groups excluding carboxylic acids is 3. The Balaban J connectivity index is 1.70. The summed E-state index contributed by atoms with van der Waals surface area (Å²) < 4.78 is 12.0. The summed E-state index contributed by atoms with van der Waals surface area (Å²) >= 11 is 0. The first-order valence-corrected chi connectivity index (χ1v) is 14.2. The number of fused-ring (bicyclic) bond motifs is 1. The van der Waals surface area contributed by atoms with Crippen LogP contribution in [0.1, 0.15) is 50.8 Å². The normalized spacial score (nSPS) is 16.2. The van der Waals surface area contributed by atoms with E-state index < -0.39 is 29.7 Å². The fraction of sp³-hybridized carbons (Fsp3) is 0.364. The Bertz CT molecular complexity index is 1330. The van der Waals surface area contributed by atoms with E-state index in [-0.39, 0.29) is 25.2 Å². The third kappa shape index (κ3) is 7.35. The van der Waals surface area contributed by atoms with Gasteiger partial charge in [-0.1, -0.05) is 53.6 Å². The van der Waals surface area contributed by atoms with E-state index in [0.29, 0.717) is 22.6 Å². The molecule has 9 nitrogen and oxygen atoms in total. The molecule has 0 radical (unpaired) electrons. The first kappa shape index (κ1) is 30.7. The molecule has 1 heterocycles. The monoisotopic (exact) mass is 572 g/mol. The molecule has 0 aromatic heterocycles. The van der Waals surface area contributed by atoms with E-state index in [0.717, 1.165) is 11.1 Å². The number of hydrogen-bond acceptors (Lipinski definition) is 5. The van der Waals surface area contributed by atoms with Gasteiger partial charge in [-0.2, -0.15) is 0 Å². The fourth-order valence-electron chi connectivity index (χ4n) is 4.99. The lowest BCUT2D eigenvalue weighted by Gasteiger charge is -2.31. The molecule has 1 aliphatic heterocycles. The molecule has 0 unspecified atom stereocenters. The quantitative estimate of drug-likeness (QED) is 0.249. The van der Waals surface area contributed by atoms with Gasteiger partial charge in [-0.05, 0) is 71.9 Å². The van der Waals surface area contributed by atoms with Crippen molar-refractivity contribution in [3.63, 3.8) is 0 Å². The minimum atomic E-state index is -1.68. The first-order chi connectivity index (χ1) is 20.0. The number of amides is 4. The molecular formula is C33H40N4O5. The number of anilines is 3. The van der Waals surface area contributed by atoms with E-state index in [2.05, 4.69) is 16.0 Å². The Hall–Kier alpha value is -4.21. The van der Waals surface area contributed by atoms with Crippen molar-refractivity contribution in [2.45, 2.75) is 72.0 Å². The SMILES string of the molecule is Cc1ccc(NC(=O)C[C@]2(NC(=O)Nc3ccc(C)cc3)C(=O)N(CC(OC(C)C)OC(C)C)c3ccccc32)cc1. The summed E-state index contributed by atoms with van der Waals surface area (Å²) in [5.41, 5.74) is 2.66. The molecule has 0 saturated heterocycles. The van der Waals surface area contributed by atoms with Crippen molar-refractivity contribution in [3.8, 4) is 0 Å². The molecule has 3 N–H and O–H groups in total. The summed E-state index contributed by atoms with van der Waals surface area (Å²) in [5.74, 6) is -0.876. The van der Waals surface area contributed by atoms with Gasteiger partial charge in [-0.3, -0.25) is 9.59 Å². The first-order valence-electron chi connectivity index (χ1n) is 14.2. The second-order valence-electron chi connectivity index (χ2n) is 11.2. The largest absolute Gasteiger partial charge is 0.348 e. The highest BCUT2D eigenvalue weighted by molar-refractivity contribution is 6.12. The van der Waals surface area contributed by atoms with Crippen molar-refractivity contribution in [3.05, 3.63) is 89.5 Å². The maximum absolute atomic E-state index is 14.4. The molecule has 1 aliphatic rings. The van der Waals surface area contributed by atoms with Crippen molar-refractivity contribution in [2.75, 3.05) is 22.1 Å². The van der Waals surface area contributed by atoms with Crippen molar-refractivity contribution >= 4 is 34.9 Å². The number of hydrogen-bond donors (Lipinski definition) is 3. The van der Waals surface area contributed by atoms with Crippen LogP contribution < -0.4 is 20.9 Å². The van der Waals surface area contributed by atoms with Gasteiger partial charge in [0.2, 0.25) is 5.91 Å². The van der Waals surface area contributed by atoms with Crippen LogP contribution in [0.15, 0.2) is 72.8 Å². The highest BCUT2D eigenvalue weighted by Crippen LogP contribution is 2.43. The van der Waals surface area contributed by atoms with Gasteiger partial charge in [0, 0.05) is 16.9 Å². The third-order valence-electron chi connectivity index (χ3n) is 6.84. The van der Waals surface area contributed by atoms with E-state index in [1.165, 1.54) is 4.90 Å².